The minimum Gasteiger partial charge on any atom is -0.466 e. The number of rotatable bonds is 3. The van der Waals surface area contributed by atoms with E-state index in [1.807, 2.05) is 0 Å². The summed E-state index contributed by atoms with van der Waals surface area (Å²) in [6, 6.07) is 0. The van der Waals surface area contributed by atoms with Crippen molar-refractivity contribution in [2.24, 2.45) is 0 Å². The molecule has 0 aliphatic carbocycles. The van der Waals surface area contributed by atoms with E-state index in [0.717, 1.165) is 12.0 Å². The molecule has 0 aromatic carbocycles. The number of hydrogen-bond acceptors (Lipinski definition) is 6. The van der Waals surface area contributed by atoms with Crippen LogP contribution in [0.5, 0.6) is 0 Å². The fourth-order valence-corrected chi connectivity index (χ4v) is 2.43. The van der Waals surface area contributed by atoms with Crippen LogP contribution in [0.15, 0.2) is 11.3 Å². The van der Waals surface area contributed by atoms with Crippen LogP contribution in [-0.2, 0) is 28.3 Å². The van der Waals surface area contributed by atoms with Gasteiger partial charge in [-0.2, -0.15) is 13.2 Å². The van der Waals surface area contributed by atoms with Crippen LogP contribution in [0.25, 0.3) is 0 Å². The molecule has 1 aliphatic heterocycles. The molecule has 0 saturated heterocycles. The van der Waals surface area contributed by atoms with Gasteiger partial charge < -0.3 is 18.6 Å². The van der Waals surface area contributed by atoms with Crippen molar-refractivity contribution in [1.29, 1.82) is 0 Å². The predicted octanol–water partition coefficient (Wildman–Crippen LogP) is 2.22. The van der Waals surface area contributed by atoms with Crippen molar-refractivity contribution in [3.8, 4) is 0 Å². The highest BCUT2D eigenvalue weighted by Gasteiger charge is 2.43. The number of alkyl halides is 3. The topological polar surface area (TPSA) is 82.1 Å². The molecule has 0 aromatic heterocycles. The van der Waals surface area contributed by atoms with E-state index >= 15 is 0 Å². The van der Waals surface area contributed by atoms with Crippen molar-refractivity contribution in [2.45, 2.75) is 38.3 Å². The summed E-state index contributed by atoms with van der Waals surface area (Å²) in [4.78, 5) is 25.0. The molecule has 1 atom stereocenters. The average Bonchev–Trinajstić information content (AvgIpc) is 2.43. The molecule has 11 heteroatoms. The van der Waals surface area contributed by atoms with Crippen molar-refractivity contribution in [3.05, 3.63) is 11.3 Å². The lowest BCUT2D eigenvalue weighted by atomic mass is 10.1. The number of methoxy groups -OCH3 is 1. The molecular formula is C14H20F3NO6S. The second-order valence-corrected chi connectivity index (χ2v) is 8.05. The van der Waals surface area contributed by atoms with E-state index in [0.29, 0.717) is 0 Å². The van der Waals surface area contributed by atoms with E-state index in [9.17, 15) is 27.0 Å². The van der Waals surface area contributed by atoms with E-state index in [1.165, 1.54) is 0 Å². The van der Waals surface area contributed by atoms with Gasteiger partial charge in [-0.15, -0.1) is 0 Å². The average molecular weight is 387 g/mol. The van der Waals surface area contributed by atoms with Crippen molar-refractivity contribution in [1.82, 2.24) is 4.90 Å². The zero-order valence-electron chi connectivity index (χ0n) is 14.3. The van der Waals surface area contributed by atoms with Crippen LogP contribution >= 0.6 is 0 Å². The molecule has 25 heavy (non-hydrogen) atoms. The first-order valence-electron chi connectivity index (χ1n) is 7.09. The molecule has 7 nitrogen and oxygen atoms in total. The normalized spacial score (nSPS) is 18.4. The molecule has 1 rings (SSSR count). The highest BCUT2D eigenvalue weighted by atomic mass is 32.2. The van der Waals surface area contributed by atoms with Crippen LogP contribution in [0.3, 0.4) is 0 Å². The van der Waals surface area contributed by atoms with Gasteiger partial charge in [0.15, 0.2) is 0 Å². The first kappa shape index (κ1) is 21.1. The van der Waals surface area contributed by atoms with Crippen LogP contribution in [-0.4, -0.2) is 58.4 Å². The van der Waals surface area contributed by atoms with Gasteiger partial charge in [-0.25, -0.2) is 13.8 Å². The Morgan fingerprint density at radius 1 is 1.24 bits per heavy atom. The van der Waals surface area contributed by atoms with Gasteiger partial charge in [-0.3, -0.25) is 0 Å². The first-order chi connectivity index (χ1) is 11.2. The van der Waals surface area contributed by atoms with E-state index in [1.54, 1.807) is 20.8 Å². The smallest absolute Gasteiger partial charge is 0.466 e. The number of amides is 1. The van der Waals surface area contributed by atoms with Gasteiger partial charge in [-0.1, -0.05) is 0 Å². The van der Waals surface area contributed by atoms with Crippen LogP contribution < -0.4 is 0 Å². The molecule has 0 saturated carbocycles. The third kappa shape index (κ3) is 5.55. The molecule has 0 fully saturated rings. The number of carbonyl (C=O) groups is 2. The molecule has 144 valence electrons. The van der Waals surface area contributed by atoms with E-state index in [2.05, 4.69) is 14.8 Å². The van der Waals surface area contributed by atoms with Gasteiger partial charge in [0.2, 0.25) is 9.80 Å². The summed E-state index contributed by atoms with van der Waals surface area (Å²) < 4.78 is 63.8. The Balaban J connectivity index is 3.11. The monoisotopic (exact) mass is 387 g/mol. The Kier molecular flexibility index (Phi) is 6.04. The third-order valence-corrected chi connectivity index (χ3v) is 4.14. The molecule has 0 aromatic rings. The summed E-state index contributed by atoms with van der Waals surface area (Å²) in [6.07, 6.45) is -1.02. The first-order valence-corrected chi connectivity index (χ1v) is 8.74. The third-order valence-electron chi connectivity index (χ3n) is 2.97. The van der Waals surface area contributed by atoms with Crippen LogP contribution in [0, 0.1) is 0 Å². The van der Waals surface area contributed by atoms with Gasteiger partial charge in [0.05, 0.1) is 19.2 Å². The number of halogens is 3. The quantitative estimate of drug-likeness (QED) is 0.546. The minimum absolute atomic E-state index is 0.0852. The highest BCUT2D eigenvalue weighted by molar-refractivity contribution is 7.96. The Morgan fingerprint density at radius 3 is 2.24 bits per heavy atom. The molecule has 1 heterocycles. The van der Waals surface area contributed by atoms with Crippen LogP contribution in [0.2, 0.25) is 0 Å². The molecule has 0 bridgehead atoms. The fourth-order valence-electron chi connectivity index (χ4n) is 1.83. The highest BCUT2D eigenvalue weighted by Crippen LogP contribution is 2.30. The van der Waals surface area contributed by atoms with Crippen molar-refractivity contribution >= 4 is 27.7 Å². The summed E-state index contributed by atoms with van der Waals surface area (Å²) in [5, 5.41) is 0. The van der Waals surface area contributed by atoms with Crippen LogP contribution in [0.4, 0.5) is 18.0 Å². The van der Waals surface area contributed by atoms with E-state index < -0.39 is 45.3 Å². The van der Waals surface area contributed by atoms with Gasteiger partial charge in [0.25, 0.3) is 0 Å². The summed E-state index contributed by atoms with van der Waals surface area (Å²) in [5.74, 6) is 1.08. The molecule has 1 amide bonds. The standard InChI is InChI=1S/C14H20F3NO6S/c1-13(2,3)23-12(20)18-7-6-10(9(8-18)11(19)22-4)24-25(5,21)14(15,16)17/h5-8H2,1-4H3. The predicted molar refractivity (Wildman–Crippen MR) is 83.9 cm³/mol. The number of carbonyl (C=O) groups excluding carboxylic acids is 2. The second kappa shape index (κ2) is 7.14. The maximum atomic E-state index is 12.7. The summed E-state index contributed by atoms with van der Waals surface area (Å²) in [5.41, 5.74) is -6.34. The lowest BCUT2D eigenvalue weighted by molar-refractivity contribution is -0.136. The largest absolute Gasteiger partial charge is 0.496 e. The number of ether oxygens (including phenoxy) is 2. The SMILES string of the molecule is C=S(=O)(OC1=C(C(=O)OC)CN(C(=O)OC(C)(C)C)CC1)C(F)(F)F. The molecular weight excluding hydrogens is 367 g/mol. The Hall–Kier alpha value is -1.91. The van der Waals surface area contributed by atoms with Gasteiger partial charge >= 0.3 is 17.6 Å². The minimum atomic E-state index is -5.20. The number of nitrogens with zero attached hydrogens (tertiary/aromatic N) is 1. The Labute approximate surface area is 143 Å². The molecule has 0 radical (unpaired) electrons. The van der Waals surface area contributed by atoms with Crippen molar-refractivity contribution in [2.75, 3.05) is 20.2 Å². The lowest BCUT2D eigenvalue weighted by Crippen LogP contribution is -2.42. The second-order valence-electron chi connectivity index (χ2n) is 6.19. The van der Waals surface area contributed by atoms with Gasteiger partial charge in [-0.05, 0) is 26.6 Å². The maximum Gasteiger partial charge on any atom is 0.496 e. The molecule has 0 spiro atoms. The molecule has 1 unspecified atom stereocenters. The van der Waals surface area contributed by atoms with Crippen molar-refractivity contribution < 1.29 is 40.6 Å². The lowest BCUT2D eigenvalue weighted by Gasteiger charge is -2.31. The summed E-state index contributed by atoms with van der Waals surface area (Å²) >= 11 is 0. The van der Waals surface area contributed by atoms with Crippen molar-refractivity contribution in [3.63, 3.8) is 0 Å². The zero-order valence-corrected chi connectivity index (χ0v) is 15.1. The molecule has 1 aliphatic rings. The van der Waals surface area contributed by atoms with E-state index in [-0.39, 0.29) is 18.5 Å². The number of esters is 1. The summed E-state index contributed by atoms with van der Waals surface area (Å²) in [6.45, 7) is 4.44. The van der Waals surface area contributed by atoms with Gasteiger partial charge in [0, 0.05) is 13.0 Å². The molecule has 0 N–H and O–H groups in total. The maximum absolute atomic E-state index is 12.7. The Bertz CT molecular complexity index is 676. The Morgan fingerprint density at radius 2 is 1.80 bits per heavy atom. The van der Waals surface area contributed by atoms with Crippen LogP contribution in [0.1, 0.15) is 27.2 Å². The zero-order chi connectivity index (χ0) is 19.6. The van der Waals surface area contributed by atoms with E-state index in [4.69, 9.17) is 4.74 Å². The summed E-state index contributed by atoms with van der Waals surface area (Å²) in [7, 11) is -3.92. The fraction of sp³-hybridized carbons (Fsp3) is 0.643. The number of hydrogen-bond donors (Lipinski definition) is 0. The van der Waals surface area contributed by atoms with Gasteiger partial charge in [0.1, 0.15) is 11.4 Å².